The Morgan fingerprint density at radius 3 is 2.83 bits per heavy atom. The third kappa shape index (κ3) is 4.31. The van der Waals surface area contributed by atoms with E-state index in [0.29, 0.717) is 25.3 Å². The molecule has 1 aromatic carbocycles. The third-order valence-electron chi connectivity index (χ3n) is 2.43. The van der Waals surface area contributed by atoms with Crippen molar-refractivity contribution in [1.29, 1.82) is 0 Å². The SMILES string of the molecule is CNCc1cc([N+](=O)[O-])ccc1OCCCCO. The lowest BCUT2D eigenvalue weighted by atomic mass is 10.1. The number of unbranched alkanes of at least 4 members (excludes halogenated alkanes) is 1. The minimum atomic E-state index is -0.422. The maximum atomic E-state index is 10.7. The van der Waals surface area contributed by atoms with Crippen LogP contribution in [0.3, 0.4) is 0 Å². The zero-order valence-electron chi connectivity index (χ0n) is 10.4. The molecule has 6 heteroatoms. The number of nitrogens with one attached hydrogen (secondary N) is 1. The van der Waals surface area contributed by atoms with Crippen LogP contribution in [-0.4, -0.2) is 30.3 Å². The molecule has 18 heavy (non-hydrogen) atoms. The first-order chi connectivity index (χ1) is 8.69. The van der Waals surface area contributed by atoms with Gasteiger partial charge in [0.05, 0.1) is 11.5 Å². The number of hydrogen-bond donors (Lipinski definition) is 2. The lowest BCUT2D eigenvalue weighted by Crippen LogP contribution is -2.09. The molecule has 0 bridgehead atoms. The van der Waals surface area contributed by atoms with Crippen molar-refractivity contribution in [1.82, 2.24) is 5.32 Å². The number of non-ortho nitro benzene ring substituents is 1. The number of nitro benzene ring substituents is 1. The van der Waals surface area contributed by atoms with Crippen molar-refractivity contribution in [2.24, 2.45) is 0 Å². The predicted octanol–water partition coefficient (Wildman–Crippen LogP) is 1.47. The van der Waals surface area contributed by atoms with E-state index in [4.69, 9.17) is 9.84 Å². The molecule has 0 aliphatic carbocycles. The molecule has 0 aliphatic rings. The second kappa shape index (κ2) is 7.62. The molecule has 0 radical (unpaired) electrons. The number of nitrogens with zero attached hydrogens (tertiary/aromatic N) is 1. The smallest absolute Gasteiger partial charge is 0.270 e. The van der Waals surface area contributed by atoms with Crippen molar-refractivity contribution in [2.45, 2.75) is 19.4 Å². The van der Waals surface area contributed by atoms with Crippen LogP contribution >= 0.6 is 0 Å². The monoisotopic (exact) mass is 254 g/mol. The van der Waals surface area contributed by atoms with Crippen LogP contribution in [0, 0.1) is 10.1 Å². The highest BCUT2D eigenvalue weighted by atomic mass is 16.6. The molecular formula is C12H18N2O4. The Balaban J connectivity index is 2.73. The number of aliphatic hydroxyl groups excluding tert-OH is 1. The molecule has 0 heterocycles. The summed E-state index contributed by atoms with van der Waals surface area (Å²) >= 11 is 0. The van der Waals surface area contributed by atoms with Gasteiger partial charge in [-0.05, 0) is 26.0 Å². The van der Waals surface area contributed by atoms with E-state index in [0.717, 1.165) is 12.0 Å². The Labute approximate surface area is 106 Å². The molecule has 0 spiro atoms. The zero-order chi connectivity index (χ0) is 13.4. The van der Waals surface area contributed by atoms with Gasteiger partial charge in [-0.3, -0.25) is 10.1 Å². The third-order valence-corrected chi connectivity index (χ3v) is 2.43. The first-order valence-electron chi connectivity index (χ1n) is 5.84. The highest BCUT2D eigenvalue weighted by molar-refractivity contribution is 5.43. The van der Waals surface area contributed by atoms with Crippen molar-refractivity contribution in [2.75, 3.05) is 20.3 Å². The first-order valence-corrected chi connectivity index (χ1v) is 5.84. The molecule has 6 nitrogen and oxygen atoms in total. The Kier molecular flexibility index (Phi) is 6.10. The van der Waals surface area contributed by atoms with Crippen LogP contribution in [0.15, 0.2) is 18.2 Å². The highest BCUT2D eigenvalue weighted by Crippen LogP contribution is 2.24. The van der Waals surface area contributed by atoms with Crippen molar-refractivity contribution in [3.63, 3.8) is 0 Å². The van der Waals surface area contributed by atoms with E-state index in [1.807, 2.05) is 0 Å². The summed E-state index contributed by atoms with van der Waals surface area (Å²) in [6.45, 7) is 1.15. The minimum Gasteiger partial charge on any atom is -0.493 e. The van der Waals surface area contributed by atoms with Gasteiger partial charge in [-0.15, -0.1) is 0 Å². The molecule has 0 saturated carbocycles. The quantitative estimate of drug-likeness (QED) is 0.417. The summed E-state index contributed by atoms with van der Waals surface area (Å²) in [7, 11) is 1.77. The largest absolute Gasteiger partial charge is 0.493 e. The molecule has 0 saturated heterocycles. The molecule has 0 amide bonds. The molecule has 0 atom stereocenters. The van der Waals surface area contributed by atoms with Crippen LogP contribution in [-0.2, 0) is 6.54 Å². The maximum absolute atomic E-state index is 10.7. The highest BCUT2D eigenvalue weighted by Gasteiger charge is 2.11. The molecule has 1 rings (SSSR count). The molecular weight excluding hydrogens is 236 g/mol. The van der Waals surface area contributed by atoms with Crippen molar-refractivity contribution >= 4 is 5.69 Å². The lowest BCUT2D eigenvalue weighted by Gasteiger charge is -2.10. The van der Waals surface area contributed by atoms with E-state index in [2.05, 4.69) is 5.32 Å². The first kappa shape index (κ1) is 14.4. The van der Waals surface area contributed by atoms with E-state index >= 15 is 0 Å². The summed E-state index contributed by atoms with van der Waals surface area (Å²) < 4.78 is 5.55. The van der Waals surface area contributed by atoms with E-state index in [1.165, 1.54) is 12.1 Å². The summed E-state index contributed by atoms with van der Waals surface area (Å²) in [5.74, 6) is 0.646. The summed E-state index contributed by atoms with van der Waals surface area (Å²) in [6.07, 6.45) is 1.45. The molecule has 0 aromatic heterocycles. The fourth-order valence-electron chi connectivity index (χ4n) is 1.54. The van der Waals surface area contributed by atoms with Gasteiger partial charge in [0, 0.05) is 30.8 Å². The zero-order valence-corrected chi connectivity index (χ0v) is 10.4. The fraction of sp³-hybridized carbons (Fsp3) is 0.500. The number of rotatable bonds is 8. The molecule has 0 aliphatic heterocycles. The van der Waals surface area contributed by atoms with Crippen molar-refractivity contribution in [3.8, 4) is 5.75 Å². The minimum absolute atomic E-state index is 0.0583. The van der Waals surface area contributed by atoms with Gasteiger partial charge in [-0.25, -0.2) is 0 Å². The number of hydrogen-bond acceptors (Lipinski definition) is 5. The van der Waals surface area contributed by atoms with E-state index < -0.39 is 4.92 Å². The Morgan fingerprint density at radius 1 is 1.44 bits per heavy atom. The van der Waals surface area contributed by atoms with Gasteiger partial charge < -0.3 is 15.2 Å². The molecule has 0 fully saturated rings. The predicted molar refractivity (Wildman–Crippen MR) is 67.7 cm³/mol. The van der Waals surface area contributed by atoms with Gasteiger partial charge in [0.2, 0.25) is 0 Å². The Hall–Kier alpha value is -1.66. The van der Waals surface area contributed by atoms with Gasteiger partial charge in [0.15, 0.2) is 0 Å². The molecule has 2 N–H and O–H groups in total. The van der Waals surface area contributed by atoms with Crippen molar-refractivity contribution in [3.05, 3.63) is 33.9 Å². The van der Waals surface area contributed by atoms with Gasteiger partial charge in [0.1, 0.15) is 5.75 Å². The standard InChI is InChI=1S/C12H18N2O4/c1-13-9-10-8-11(14(16)17)4-5-12(10)18-7-3-2-6-15/h4-5,8,13,15H,2-3,6-7,9H2,1H3. The average molecular weight is 254 g/mol. The number of aliphatic hydroxyl groups is 1. The van der Waals surface area contributed by atoms with Gasteiger partial charge in [-0.1, -0.05) is 0 Å². The molecule has 1 aromatic rings. The number of benzene rings is 1. The van der Waals surface area contributed by atoms with E-state index in [1.54, 1.807) is 13.1 Å². The Bertz CT molecular complexity index is 396. The normalized spacial score (nSPS) is 10.3. The lowest BCUT2D eigenvalue weighted by molar-refractivity contribution is -0.384. The van der Waals surface area contributed by atoms with Crippen LogP contribution in [0.4, 0.5) is 5.69 Å². The number of nitro groups is 1. The second-order valence-corrected chi connectivity index (χ2v) is 3.86. The van der Waals surface area contributed by atoms with Crippen LogP contribution < -0.4 is 10.1 Å². The van der Waals surface area contributed by atoms with Crippen LogP contribution in [0.5, 0.6) is 5.75 Å². The van der Waals surface area contributed by atoms with Crippen molar-refractivity contribution < 1.29 is 14.8 Å². The van der Waals surface area contributed by atoms with E-state index in [-0.39, 0.29) is 12.3 Å². The van der Waals surface area contributed by atoms with Crippen LogP contribution in [0.25, 0.3) is 0 Å². The molecule has 0 unspecified atom stereocenters. The fourth-order valence-corrected chi connectivity index (χ4v) is 1.54. The summed E-state index contributed by atoms with van der Waals surface area (Å²) in [4.78, 5) is 10.3. The topological polar surface area (TPSA) is 84.6 Å². The average Bonchev–Trinajstić information content (AvgIpc) is 2.36. The van der Waals surface area contributed by atoms with Crippen LogP contribution in [0.1, 0.15) is 18.4 Å². The van der Waals surface area contributed by atoms with Gasteiger partial charge >= 0.3 is 0 Å². The van der Waals surface area contributed by atoms with Gasteiger partial charge in [-0.2, -0.15) is 0 Å². The number of ether oxygens (including phenoxy) is 1. The maximum Gasteiger partial charge on any atom is 0.270 e. The second-order valence-electron chi connectivity index (χ2n) is 3.86. The summed E-state index contributed by atoms with van der Waals surface area (Å²) in [5.41, 5.74) is 0.818. The summed E-state index contributed by atoms with van der Waals surface area (Å²) in [5, 5.41) is 22.3. The van der Waals surface area contributed by atoms with Gasteiger partial charge in [0.25, 0.3) is 5.69 Å². The summed E-state index contributed by atoms with van der Waals surface area (Å²) in [6, 6.07) is 4.56. The van der Waals surface area contributed by atoms with Crippen LogP contribution in [0.2, 0.25) is 0 Å². The Morgan fingerprint density at radius 2 is 2.22 bits per heavy atom. The molecule has 100 valence electrons. The van der Waals surface area contributed by atoms with E-state index in [9.17, 15) is 10.1 Å².